The molecule has 2 atom stereocenters. The number of rotatable bonds is 9. The van der Waals surface area contributed by atoms with Gasteiger partial charge in [-0.2, -0.15) is 0 Å². The Morgan fingerprint density at radius 2 is 2.20 bits per heavy atom. The molecule has 1 fully saturated rings. The Labute approximate surface area is 154 Å². The second-order valence-electron chi connectivity index (χ2n) is 6.64. The van der Waals surface area contributed by atoms with E-state index in [2.05, 4.69) is 22.4 Å². The quantitative estimate of drug-likeness (QED) is 0.742. The standard InChI is InChI=1S/C20H27NO3S/c1-16-6-2-3-9-20(16)24-15-17(22)12-21(13-18-7-4-10-23-18)14-19-8-5-11-25-19/h2-3,5-6,8-9,11,17-18,22H,4,7,10,12-15H2,1H3. The number of nitrogens with zero attached hydrogens (tertiary/aromatic N) is 1. The number of hydrogen-bond acceptors (Lipinski definition) is 5. The number of hydrogen-bond donors (Lipinski definition) is 1. The van der Waals surface area contributed by atoms with Gasteiger partial charge in [0.2, 0.25) is 0 Å². The van der Waals surface area contributed by atoms with Crippen LogP contribution in [0.2, 0.25) is 0 Å². The van der Waals surface area contributed by atoms with Gasteiger partial charge in [-0.25, -0.2) is 0 Å². The highest BCUT2D eigenvalue weighted by Gasteiger charge is 2.21. The van der Waals surface area contributed by atoms with E-state index >= 15 is 0 Å². The van der Waals surface area contributed by atoms with E-state index in [1.807, 2.05) is 31.2 Å². The molecule has 4 nitrogen and oxygen atoms in total. The number of para-hydroxylation sites is 1. The highest BCUT2D eigenvalue weighted by Crippen LogP contribution is 2.19. The maximum atomic E-state index is 10.5. The molecule has 1 N–H and O–H groups in total. The molecule has 1 aromatic heterocycles. The fourth-order valence-electron chi connectivity index (χ4n) is 3.16. The van der Waals surface area contributed by atoms with Crippen molar-refractivity contribution in [3.05, 3.63) is 52.2 Å². The number of aliphatic hydroxyl groups is 1. The van der Waals surface area contributed by atoms with Crippen LogP contribution in [0.4, 0.5) is 0 Å². The molecule has 2 heterocycles. The van der Waals surface area contributed by atoms with Gasteiger partial charge in [0.1, 0.15) is 18.5 Å². The van der Waals surface area contributed by atoms with Gasteiger partial charge in [0.25, 0.3) is 0 Å². The molecule has 1 aliphatic rings. The first kappa shape index (κ1) is 18.4. The summed E-state index contributed by atoms with van der Waals surface area (Å²) in [6.07, 6.45) is 2.00. The minimum Gasteiger partial charge on any atom is -0.491 e. The van der Waals surface area contributed by atoms with Crippen molar-refractivity contribution in [2.75, 3.05) is 26.3 Å². The fourth-order valence-corrected chi connectivity index (χ4v) is 3.90. The average molecular weight is 362 g/mol. The van der Waals surface area contributed by atoms with E-state index in [9.17, 15) is 5.11 Å². The lowest BCUT2D eigenvalue weighted by atomic mass is 10.2. The molecule has 136 valence electrons. The van der Waals surface area contributed by atoms with Gasteiger partial charge < -0.3 is 14.6 Å². The second kappa shape index (κ2) is 9.34. The zero-order valence-corrected chi connectivity index (χ0v) is 15.6. The van der Waals surface area contributed by atoms with Crippen molar-refractivity contribution in [1.29, 1.82) is 0 Å². The topological polar surface area (TPSA) is 41.9 Å². The lowest BCUT2D eigenvalue weighted by molar-refractivity contribution is 0.0316. The van der Waals surface area contributed by atoms with Gasteiger partial charge in [0.05, 0.1) is 6.10 Å². The van der Waals surface area contributed by atoms with Gasteiger partial charge in [0.15, 0.2) is 0 Å². The van der Waals surface area contributed by atoms with E-state index in [4.69, 9.17) is 9.47 Å². The first-order chi connectivity index (χ1) is 12.2. The molecule has 0 radical (unpaired) electrons. The number of aryl methyl sites for hydroxylation is 1. The third-order valence-corrected chi connectivity index (χ3v) is 5.30. The van der Waals surface area contributed by atoms with Crippen LogP contribution in [0.5, 0.6) is 5.75 Å². The lowest BCUT2D eigenvalue weighted by Gasteiger charge is -2.27. The molecule has 2 unspecified atom stereocenters. The van der Waals surface area contributed by atoms with Gasteiger partial charge in [-0.1, -0.05) is 24.3 Å². The predicted octanol–water partition coefficient (Wildman–Crippen LogP) is 3.48. The minimum atomic E-state index is -0.527. The molecule has 0 aliphatic carbocycles. The zero-order chi connectivity index (χ0) is 17.5. The van der Waals surface area contributed by atoms with E-state index < -0.39 is 6.10 Å². The highest BCUT2D eigenvalue weighted by atomic mass is 32.1. The molecule has 1 saturated heterocycles. The first-order valence-electron chi connectivity index (χ1n) is 8.93. The summed E-state index contributed by atoms with van der Waals surface area (Å²) in [6.45, 7) is 5.47. The zero-order valence-electron chi connectivity index (χ0n) is 14.8. The molecule has 0 amide bonds. The van der Waals surface area contributed by atoms with Crippen LogP contribution in [-0.2, 0) is 11.3 Å². The minimum absolute atomic E-state index is 0.282. The summed E-state index contributed by atoms with van der Waals surface area (Å²) in [5, 5.41) is 12.6. The van der Waals surface area contributed by atoms with Crippen molar-refractivity contribution in [3.8, 4) is 5.75 Å². The number of ether oxygens (including phenoxy) is 2. The lowest BCUT2D eigenvalue weighted by Crippen LogP contribution is -2.39. The molecule has 3 rings (SSSR count). The van der Waals surface area contributed by atoms with Gasteiger partial charge in [-0.15, -0.1) is 11.3 Å². The average Bonchev–Trinajstić information content (AvgIpc) is 3.28. The van der Waals surface area contributed by atoms with Crippen LogP contribution in [-0.4, -0.2) is 48.5 Å². The predicted molar refractivity (Wildman–Crippen MR) is 101 cm³/mol. The Bertz CT molecular complexity index is 626. The maximum absolute atomic E-state index is 10.5. The summed E-state index contributed by atoms with van der Waals surface area (Å²) in [5.74, 6) is 0.838. The maximum Gasteiger partial charge on any atom is 0.122 e. The summed E-state index contributed by atoms with van der Waals surface area (Å²) < 4.78 is 11.6. The number of benzene rings is 1. The van der Waals surface area contributed by atoms with E-state index in [0.29, 0.717) is 13.2 Å². The molecule has 0 saturated carbocycles. The smallest absolute Gasteiger partial charge is 0.122 e. The molecule has 1 aliphatic heterocycles. The Hall–Kier alpha value is -1.40. The molecule has 5 heteroatoms. The Kier molecular flexibility index (Phi) is 6.87. The molecular weight excluding hydrogens is 334 g/mol. The van der Waals surface area contributed by atoms with Crippen molar-refractivity contribution >= 4 is 11.3 Å². The Balaban J connectivity index is 1.53. The summed E-state index contributed by atoms with van der Waals surface area (Å²) in [4.78, 5) is 3.60. The van der Waals surface area contributed by atoms with Gasteiger partial charge in [-0.3, -0.25) is 4.90 Å². The van der Waals surface area contributed by atoms with Crippen LogP contribution in [0.3, 0.4) is 0 Å². The second-order valence-corrected chi connectivity index (χ2v) is 7.67. The van der Waals surface area contributed by atoms with Crippen molar-refractivity contribution < 1.29 is 14.6 Å². The van der Waals surface area contributed by atoms with E-state index in [1.165, 1.54) is 4.88 Å². The fraction of sp³-hybridized carbons (Fsp3) is 0.500. The summed E-state index contributed by atoms with van der Waals surface area (Å²) in [7, 11) is 0. The molecule has 1 aromatic carbocycles. The van der Waals surface area contributed by atoms with E-state index in [1.54, 1.807) is 11.3 Å². The molecule has 2 aromatic rings. The van der Waals surface area contributed by atoms with Crippen molar-refractivity contribution in [2.45, 2.75) is 38.5 Å². The van der Waals surface area contributed by atoms with Gasteiger partial charge in [0, 0.05) is 31.1 Å². The van der Waals surface area contributed by atoms with Crippen LogP contribution in [0.1, 0.15) is 23.3 Å². The monoisotopic (exact) mass is 361 g/mol. The normalized spacial score (nSPS) is 18.6. The summed E-state index contributed by atoms with van der Waals surface area (Å²) in [5.41, 5.74) is 1.09. The first-order valence-corrected chi connectivity index (χ1v) is 9.81. The van der Waals surface area contributed by atoms with Gasteiger partial charge in [-0.05, 0) is 42.8 Å². The largest absolute Gasteiger partial charge is 0.491 e. The van der Waals surface area contributed by atoms with Crippen LogP contribution < -0.4 is 4.74 Å². The van der Waals surface area contributed by atoms with E-state index in [-0.39, 0.29) is 6.10 Å². The van der Waals surface area contributed by atoms with E-state index in [0.717, 1.165) is 43.9 Å². The van der Waals surface area contributed by atoms with Crippen LogP contribution >= 0.6 is 11.3 Å². The van der Waals surface area contributed by atoms with Crippen LogP contribution in [0, 0.1) is 6.92 Å². The molecule has 0 spiro atoms. The highest BCUT2D eigenvalue weighted by molar-refractivity contribution is 7.09. The molecule has 0 bridgehead atoms. The summed E-state index contributed by atoms with van der Waals surface area (Å²) >= 11 is 1.75. The summed E-state index contributed by atoms with van der Waals surface area (Å²) in [6, 6.07) is 12.1. The van der Waals surface area contributed by atoms with Crippen molar-refractivity contribution in [2.24, 2.45) is 0 Å². The third kappa shape index (κ3) is 5.82. The Morgan fingerprint density at radius 1 is 1.32 bits per heavy atom. The van der Waals surface area contributed by atoms with Crippen molar-refractivity contribution in [3.63, 3.8) is 0 Å². The molecule has 25 heavy (non-hydrogen) atoms. The van der Waals surface area contributed by atoms with Crippen LogP contribution in [0.25, 0.3) is 0 Å². The number of aliphatic hydroxyl groups excluding tert-OH is 1. The van der Waals surface area contributed by atoms with Crippen LogP contribution in [0.15, 0.2) is 41.8 Å². The van der Waals surface area contributed by atoms with Crippen molar-refractivity contribution in [1.82, 2.24) is 4.90 Å². The van der Waals surface area contributed by atoms with Gasteiger partial charge >= 0.3 is 0 Å². The third-order valence-electron chi connectivity index (χ3n) is 4.44. The molecular formula is C20H27NO3S. The SMILES string of the molecule is Cc1ccccc1OCC(O)CN(Cc1cccs1)CC1CCCO1. The Morgan fingerprint density at radius 3 is 2.92 bits per heavy atom. The number of thiophene rings is 1.